The predicted molar refractivity (Wildman–Crippen MR) is 102 cm³/mol. The van der Waals surface area contributed by atoms with Crippen molar-refractivity contribution in [3.8, 4) is 0 Å². The Kier molecular flexibility index (Phi) is 5.54. The van der Waals surface area contributed by atoms with E-state index in [1.54, 1.807) is 23.0 Å². The molecule has 1 aromatic heterocycles. The Morgan fingerprint density at radius 3 is 2.23 bits per heavy atom. The molecule has 0 atom stereocenters. The number of aryl methyl sites for hydroxylation is 2. The molecule has 26 heavy (non-hydrogen) atoms. The first-order chi connectivity index (χ1) is 12.5. The minimum absolute atomic E-state index is 0.283. The zero-order chi connectivity index (χ0) is 18.6. The van der Waals surface area contributed by atoms with Crippen LogP contribution in [0.25, 0.3) is 0 Å². The summed E-state index contributed by atoms with van der Waals surface area (Å²) in [4.78, 5) is 0.307. The van der Waals surface area contributed by atoms with Gasteiger partial charge in [0.25, 0.3) is 0 Å². The van der Waals surface area contributed by atoms with Crippen molar-refractivity contribution in [2.75, 3.05) is 0 Å². The Hall–Kier alpha value is -2.44. The molecule has 0 aliphatic heterocycles. The van der Waals surface area contributed by atoms with Crippen molar-refractivity contribution < 1.29 is 8.42 Å². The molecular weight excluding hydrogens is 346 g/mol. The molecule has 2 aromatic carbocycles. The molecule has 0 fully saturated rings. The lowest BCUT2D eigenvalue weighted by molar-refractivity contribution is 0.401. The molecule has 0 radical (unpaired) electrons. The molecule has 6 heteroatoms. The van der Waals surface area contributed by atoms with Gasteiger partial charge in [-0.2, -0.15) is 9.40 Å². The first-order valence-electron chi connectivity index (χ1n) is 8.61. The fraction of sp³-hybridized carbons (Fsp3) is 0.250. The summed E-state index contributed by atoms with van der Waals surface area (Å²) in [6.45, 7) is 5.29. The van der Waals surface area contributed by atoms with Gasteiger partial charge >= 0.3 is 0 Å². The SMILES string of the molecule is CCn1cc(CN(Cc2ccccc2)S(=O)(=O)c2ccc(C)cc2)cn1. The standard InChI is InChI=1S/C20H23N3O2S/c1-3-22-14-19(13-21-22)16-23(15-18-7-5-4-6-8-18)26(24,25)20-11-9-17(2)10-12-20/h4-14H,3,15-16H2,1-2H3. The largest absolute Gasteiger partial charge is 0.273 e. The molecule has 0 N–H and O–H groups in total. The van der Waals surface area contributed by atoms with Crippen LogP contribution in [-0.4, -0.2) is 22.5 Å². The van der Waals surface area contributed by atoms with E-state index in [0.29, 0.717) is 11.4 Å². The number of aromatic nitrogens is 2. The molecular formula is C20H23N3O2S. The monoisotopic (exact) mass is 369 g/mol. The van der Waals surface area contributed by atoms with E-state index in [9.17, 15) is 8.42 Å². The zero-order valence-corrected chi connectivity index (χ0v) is 15.9. The van der Waals surface area contributed by atoms with Gasteiger partial charge in [-0.3, -0.25) is 4.68 Å². The summed E-state index contributed by atoms with van der Waals surface area (Å²) in [6.07, 6.45) is 3.62. The first kappa shape index (κ1) is 18.4. The molecule has 0 amide bonds. The molecule has 1 heterocycles. The van der Waals surface area contributed by atoms with Gasteiger partial charge in [0, 0.05) is 31.4 Å². The summed E-state index contributed by atoms with van der Waals surface area (Å²) in [5, 5.41) is 4.26. The third-order valence-corrected chi connectivity index (χ3v) is 6.04. The first-order valence-corrected chi connectivity index (χ1v) is 10.0. The number of nitrogens with zero attached hydrogens (tertiary/aromatic N) is 3. The van der Waals surface area contributed by atoms with Crippen molar-refractivity contribution in [1.82, 2.24) is 14.1 Å². The van der Waals surface area contributed by atoms with Crippen molar-refractivity contribution in [1.29, 1.82) is 0 Å². The molecule has 0 saturated carbocycles. The van der Waals surface area contributed by atoms with Crippen molar-refractivity contribution in [3.63, 3.8) is 0 Å². The normalized spacial score (nSPS) is 11.8. The maximum atomic E-state index is 13.2. The number of rotatable bonds is 7. The van der Waals surface area contributed by atoms with Crippen LogP contribution >= 0.6 is 0 Å². The minimum Gasteiger partial charge on any atom is -0.273 e. The highest BCUT2D eigenvalue weighted by molar-refractivity contribution is 7.89. The van der Waals surface area contributed by atoms with E-state index in [-0.39, 0.29) is 6.54 Å². The van der Waals surface area contributed by atoms with Crippen molar-refractivity contribution in [3.05, 3.63) is 83.7 Å². The molecule has 0 bridgehead atoms. The Labute approximate surface area is 154 Å². The van der Waals surface area contributed by atoms with Crippen LogP contribution in [0.5, 0.6) is 0 Å². The van der Waals surface area contributed by atoms with Gasteiger partial charge in [0.05, 0.1) is 11.1 Å². The Morgan fingerprint density at radius 2 is 1.62 bits per heavy atom. The van der Waals surface area contributed by atoms with E-state index in [1.807, 2.05) is 62.5 Å². The van der Waals surface area contributed by atoms with Crippen LogP contribution in [0, 0.1) is 6.92 Å². The summed E-state index contributed by atoms with van der Waals surface area (Å²) >= 11 is 0. The second-order valence-corrected chi connectivity index (χ2v) is 8.21. The van der Waals surface area contributed by atoms with E-state index < -0.39 is 10.0 Å². The van der Waals surface area contributed by atoms with Crippen molar-refractivity contribution in [2.45, 2.75) is 38.4 Å². The molecule has 136 valence electrons. The quantitative estimate of drug-likeness (QED) is 0.639. The highest BCUT2D eigenvalue weighted by atomic mass is 32.2. The maximum Gasteiger partial charge on any atom is 0.243 e. The fourth-order valence-corrected chi connectivity index (χ4v) is 4.15. The van der Waals surface area contributed by atoms with E-state index in [0.717, 1.165) is 23.2 Å². The summed E-state index contributed by atoms with van der Waals surface area (Å²) in [6, 6.07) is 16.6. The van der Waals surface area contributed by atoms with E-state index >= 15 is 0 Å². The van der Waals surface area contributed by atoms with Crippen LogP contribution in [-0.2, 0) is 29.7 Å². The Morgan fingerprint density at radius 1 is 0.962 bits per heavy atom. The topological polar surface area (TPSA) is 55.2 Å². The van der Waals surface area contributed by atoms with Crippen molar-refractivity contribution in [2.24, 2.45) is 0 Å². The highest BCUT2D eigenvalue weighted by Gasteiger charge is 2.25. The average Bonchev–Trinajstić information content (AvgIpc) is 3.10. The zero-order valence-electron chi connectivity index (χ0n) is 15.0. The number of sulfonamides is 1. The van der Waals surface area contributed by atoms with E-state index in [1.165, 1.54) is 4.31 Å². The van der Waals surface area contributed by atoms with Gasteiger partial charge in [-0.05, 0) is 31.5 Å². The molecule has 0 aliphatic carbocycles. The van der Waals surface area contributed by atoms with Crippen LogP contribution < -0.4 is 0 Å². The van der Waals surface area contributed by atoms with Gasteiger partial charge in [0.1, 0.15) is 0 Å². The van der Waals surface area contributed by atoms with Crippen LogP contribution in [0.1, 0.15) is 23.6 Å². The van der Waals surface area contributed by atoms with Gasteiger partial charge in [0.15, 0.2) is 0 Å². The number of hydrogen-bond donors (Lipinski definition) is 0. The van der Waals surface area contributed by atoms with Crippen LogP contribution in [0.4, 0.5) is 0 Å². The Bertz CT molecular complexity index is 948. The summed E-state index contributed by atoms with van der Waals surface area (Å²) in [7, 11) is -3.62. The molecule has 0 saturated heterocycles. The lowest BCUT2D eigenvalue weighted by Crippen LogP contribution is -2.30. The van der Waals surface area contributed by atoms with Crippen LogP contribution in [0.2, 0.25) is 0 Å². The van der Waals surface area contributed by atoms with Crippen LogP contribution in [0.3, 0.4) is 0 Å². The van der Waals surface area contributed by atoms with Gasteiger partial charge in [-0.1, -0.05) is 48.0 Å². The van der Waals surface area contributed by atoms with E-state index in [4.69, 9.17) is 0 Å². The molecule has 0 spiro atoms. The molecule has 0 unspecified atom stereocenters. The molecule has 3 rings (SSSR count). The fourth-order valence-electron chi connectivity index (χ4n) is 2.74. The lowest BCUT2D eigenvalue weighted by Gasteiger charge is -2.22. The second-order valence-electron chi connectivity index (χ2n) is 6.28. The molecule has 0 aliphatic rings. The van der Waals surface area contributed by atoms with Crippen molar-refractivity contribution >= 4 is 10.0 Å². The number of hydrogen-bond acceptors (Lipinski definition) is 3. The smallest absolute Gasteiger partial charge is 0.243 e. The molecule has 5 nitrogen and oxygen atoms in total. The third kappa shape index (κ3) is 4.20. The maximum absolute atomic E-state index is 13.2. The van der Waals surface area contributed by atoms with Gasteiger partial charge in [0.2, 0.25) is 10.0 Å². The predicted octanol–water partition coefficient (Wildman–Crippen LogP) is 3.60. The lowest BCUT2D eigenvalue weighted by atomic mass is 10.2. The van der Waals surface area contributed by atoms with Gasteiger partial charge in [-0.15, -0.1) is 0 Å². The van der Waals surface area contributed by atoms with Crippen LogP contribution in [0.15, 0.2) is 71.9 Å². The minimum atomic E-state index is -3.62. The van der Waals surface area contributed by atoms with Gasteiger partial charge in [-0.25, -0.2) is 8.42 Å². The molecule has 3 aromatic rings. The second kappa shape index (κ2) is 7.85. The summed E-state index contributed by atoms with van der Waals surface area (Å²) in [5.41, 5.74) is 2.85. The number of benzene rings is 2. The van der Waals surface area contributed by atoms with E-state index in [2.05, 4.69) is 5.10 Å². The Balaban J connectivity index is 1.94. The average molecular weight is 369 g/mol. The van der Waals surface area contributed by atoms with Gasteiger partial charge < -0.3 is 0 Å². The summed E-state index contributed by atoms with van der Waals surface area (Å²) < 4.78 is 29.8. The summed E-state index contributed by atoms with van der Waals surface area (Å²) in [5.74, 6) is 0. The third-order valence-electron chi connectivity index (χ3n) is 4.23. The highest BCUT2D eigenvalue weighted by Crippen LogP contribution is 2.21.